The summed E-state index contributed by atoms with van der Waals surface area (Å²) in [6.07, 6.45) is 2.94. The Bertz CT molecular complexity index is 510. The molecule has 0 aliphatic carbocycles. The second-order valence-electron chi connectivity index (χ2n) is 4.68. The molecule has 2 aromatic rings. The third-order valence-electron chi connectivity index (χ3n) is 3.12. The summed E-state index contributed by atoms with van der Waals surface area (Å²) in [5.74, 6) is 0.905. The molecule has 20 heavy (non-hydrogen) atoms. The first-order valence-electron chi connectivity index (χ1n) is 7.14. The first-order valence-corrected chi connectivity index (χ1v) is 7.14. The van der Waals surface area contributed by atoms with Crippen LogP contribution in [0, 0.1) is 0 Å². The SMILES string of the molecule is CCCc1c(CN)nnn1CCCOc1ccccc1. The van der Waals surface area contributed by atoms with Crippen molar-refractivity contribution in [2.45, 2.75) is 39.3 Å². The maximum atomic E-state index is 5.68. The number of hydrogen-bond acceptors (Lipinski definition) is 4. The zero-order valence-electron chi connectivity index (χ0n) is 12.0. The van der Waals surface area contributed by atoms with Crippen LogP contribution in [0.1, 0.15) is 31.2 Å². The normalized spacial score (nSPS) is 10.7. The van der Waals surface area contributed by atoms with E-state index in [1.54, 1.807) is 0 Å². The van der Waals surface area contributed by atoms with Gasteiger partial charge in [0.25, 0.3) is 0 Å². The largest absolute Gasteiger partial charge is 0.494 e. The molecule has 0 saturated carbocycles. The number of rotatable bonds is 8. The Hall–Kier alpha value is -1.88. The van der Waals surface area contributed by atoms with Gasteiger partial charge in [-0.05, 0) is 18.6 Å². The van der Waals surface area contributed by atoms with E-state index in [4.69, 9.17) is 10.5 Å². The van der Waals surface area contributed by atoms with Crippen molar-refractivity contribution >= 4 is 0 Å². The summed E-state index contributed by atoms with van der Waals surface area (Å²) in [4.78, 5) is 0. The number of nitrogens with zero attached hydrogens (tertiary/aromatic N) is 3. The van der Waals surface area contributed by atoms with E-state index < -0.39 is 0 Å². The molecule has 5 nitrogen and oxygen atoms in total. The van der Waals surface area contributed by atoms with Crippen LogP contribution in [0.3, 0.4) is 0 Å². The Morgan fingerprint density at radius 3 is 2.75 bits per heavy atom. The van der Waals surface area contributed by atoms with Crippen molar-refractivity contribution in [1.29, 1.82) is 0 Å². The molecule has 2 N–H and O–H groups in total. The molecule has 0 unspecified atom stereocenters. The molecule has 1 aromatic heterocycles. The predicted molar refractivity (Wildman–Crippen MR) is 78.5 cm³/mol. The summed E-state index contributed by atoms with van der Waals surface area (Å²) < 4.78 is 7.63. The van der Waals surface area contributed by atoms with Gasteiger partial charge in [0.1, 0.15) is 5.75 Å². The Kier molecular flexibility index (Phi) is 5.55. The van der Waals surface area contributed by atoms with Gasteiger partial charge in [0.2, 0.25) is 0 Å². The molecule has 0 fully saturated rings. The molecule has 108 valence electrons. The Morgan fingerprint density at radius 1 is 1.25 bits per heavy atom. The third-order valence-corrected chi connectivity index (χ3v) is 3.12. The number of aromatic nitrogens is 3. The van der Waals surface area contributed by atoms with Gasteiger partial charge in [0.15, 0.2) is 0 Å². The molecule has 5 heteroatoms. The molecule has 1 heterocycles. The third kappa shape index (κ3) is 3.81. The van der Waals surface area contributed by atoms with Gasteiger partial charge in [0.05, 0.1) is 18.0 Å². The molecule has 0 radical (unpaired) electrons. The van der Waals surface area contributed by atoms with Crippen LogP contribution in [0.25, 0.3) is 0 Å². The van der Waals surface area contributed by atoms with Crippen molar-refractivity contribution in [2.75, 3.05) is 6.61 Å². The molecule has 0 saturated heterocycles. The molecule has 2 rings (SSSR count). The lowest BCUT2D eigenvalue weighted by Gasteiger charge is -2.08. The zero-order valence-corrected chi connectivity index (χ0v) is 12.0. The number of aryl methyl sites for hydroxylation is 1. The quantitative estimate of drug-likeness (QED) is 0.749. The molecule has 0 bridgehead atoms. The standard InChI is InChI=1S/C15H22N4O/c1-2-7-15-14(12-16)17-18-19(15)10-6-11-20-13-8-4-3-5-9-13/h3-5,8-9H,2,6-7,10-12,16H2,1H3. The van der Waals surface area contributed by atoms with Gasteiger partial charge in [-0.25, -0.2) is 4.68 Å². The lowest BCUT2D eigenvalue weighted by molar-refractivity contribution is 0.297. The molecular formula is C15H22N4O. The minimum absolute atomic E-state index is 0.454. The van der Waals surface area contributed by atoms with Crippen molar-refractivity contribution in [3.63, 3.8) is 0 Å². The van der Waals surface area contributed by atoms with Crippen LogP contribution in [0.5, 0.6) is 5.75 Å². The van der Waals surface area contributed by atoms with Crippen LogP contribution < -0.4 is 10.5 Å². The fourth-order valence-electron chi connectivity index (χ4n) is 2.14. The highest BCUT2D eigenvalue weighted by atomic mass is 16.5. The first kappa shape index (κ1) is 14.5. The van der Waals surface area contributed by atoms with Gasteiger partial charge in [-0.15, -0.1) is 5.10 Å². The summed E-state index contributed by atoms with van der Waals surface area (Å²) in [5.41, 5.74) is 7.76. The van der Waals surface area contributed by atoms with Crippen LogP contribution in [-0.2, 0) is 19.5 Å². The Morgan fingerprint density at radius 2 is 2.05 bits per heavy atom. The Balaban J connectivity index is 1.83. The first-order chi connectivity index (χ1) is 9.85. The van der Waals surface area contributed by atoms with Gasteiger partial charge < -0.3 is 10.5 Å². The van der Waals surface area contributed by atoms with Crippen LogP contribution in [-0.4, -0.2) is 21.6 Å². The van der Waals surface area contributed by atoms with E-state index in [2.05, 4.69) is 17.2 Å². The van der Waals surface area contributed by atoms with Gasteiger partial charge in [-0.3, -0.25) is 0 Å². The number of nitrogens with two attached hydrogens (primary N) is 1. The van der Waals surface area contributed by atoms with Crippen molar-refractivity contribution in [2.24, 2.45) is 5.73 Å². The zero-order chi connectivity index (χ0) is 14.2. The second kappa shape index (κ2) is 7.65. The lowest BCUT2D eigenvalue weighted by Crippen LogP contribution is -2.10. The molecule has 0 atom stereocenters. The molecule has 0 aliphatic rings. The minimum atomic E-state index is 0.454. The summed E-state index contributed by atoms with van der Waals surface area (Å²) >= 11 is 0. The van der Waals surface area contributed by atoms with Crippen molar-refractivity contribution in [3.05, 3.63) is 41.7 Å². The predicted octanol–water partition coefficient (Wildman–Crippen LogP) is 2.16. The molecule has 0 spiro atoms. The Labute approximate surface area is 119 Å². The van der Waals surface area contributed by atoms with Crippen LogP contribution in [0.15, 0.2) is 30.3 Å². The maximum Gasteiger partial charge on any atom is 0.119 e. The van der Waals surface area contributed by atoms with Gasteiger partial charge in [0, 0.05) is 19.5 Å². The van der Waals surface area contributed by atoms with E-state index in [1.807, 2.05) is 35.0 Å². The van der Waals surface area contributed by atoms with E-state index in [1.165, 1.54) is 0 Å². The lowest BCUT2D eigenvalue weighted by atomic mass is 10.2. The number of benzene rings is 1. The summed E-state index contributed by atoms with van der Waals surface area (Å²) in [6.45, 7) is 4.09. The van der Waals surface area contributed by atoms with E-state index in [-0.39, 0.29) is 0 Å². The maximum absolute atomic E-state index is 5.68. The average Bonchev–Trinajstić information content (AvgIpc) is 2.87. The molecule has 0 amide bonds. The number of ether oxygens (including phenoxy) is 1. The fraction of sp³-hybridized carbons (Fsp3) is 0.467. The number of hydrogen-bond donors (Lipinski definition) is 1. The topological polar surface area (TPSA) is 66.0 Å². The average molecular weight is 274 g/mol. The van der Waals surface area contributed by atoms with Gasteiger partial charge >= 0.3 is 0 Å². The van der Waals surface area contributed by atoms with Crippen LogP contribution >= 0.6 is 0 Å². The van der Waals surface area contributed by atoms with Gasteiger partial charge in [-0.2, -0.15) is 0 Å². The van der Waals surface area contributed by atoms with Crippen molar-refractivity contribution in [1.82, 2.24) is 15.0 Å². The van der Waals surface area contributed by atoms with Crippen LogP contribution in [0.2, 0.25) is 0 Å². The van der Waals surface area contributed by atoms with Crippen LogP contribution in [0.4, 0.5) is 0 Å². The molecular weight excluding hydrogens is 252 g/mol. The summed E-state index contributed by atoms with van der Waals surface area (Å²) in [5, 5.41) is 8.32. The number of para-hydroxylation sites is 1. The van der Waals surface area contributed by atoms with E-state index in [9.17, 15) is 0 Å². The molecule has 0 aliphatic heterocycles. The molecule has 1 aromatic carbocycles. The minimum Gasteiger partial charge on any atom is -0.494 e. The highest BCUT2D eigenvalue weighted by Gasteiger charge is 2.10. The van der Waals surface area contributed by atoms with E-state index in [0.717, 1.165) is 42.9 Å². The highest BCUT2D eigenvalue weighted by Crippen LogP contribution is 2.10. The monoisotopic (exact) mass is 274 g/mol. The smallest absolute Gasteiger partial charge is 0.119 e. The summed E-state index contributed by atoms with van der Waals surface area (Å²) in [7, 11) is 0. The van der Waals surface area contributed by atoms with Crippen molar-refractivity contribution in [3.8, 4) is 5.75 Å². The van der Waals surface area contributed by atoms with E-state index >= 15 is 0 Å². The highest BCUT2D eigenvalue weighted by molar-refractivity contribution is 5.20. The van der Waals surface area contributed by atoms with Gasteiger partial charge in [-0.1, -0.05) is 36.8 Å². The van der Waals surface area contributed by atoms with E-state index in [0.29, 0.717) is 13.2 Å². The second-order valence-corrected chi connectivity index (χ2v) is 4.68. The fourth-order valence-corrected chi connectivity index (χ4v) is 2.14. The van der Waals surface area contributed by atoms with Crippen molar-refractivity contribution < 1.29 is 4.74 Å². The summed E-state index contributed by atoms with van der Waals surface area (Å²) in [6, 6.07) is 9.85.